The summed E-state index contributed by atoms with van der Waals surface area (Å²) in [7, 11) is 0. The van der Waals surface area contributed by atoms with E-state index in [1.807, 2.05) is 18.2 Å². The third-order valence-corrected chi connectivity index (χ3v) is 4.90. The van der Waals surface area contributed by atoms with Crippen molar-refractivity contribution in [3.63, 3.8) is 0 Å². The second-order valence-corrected chi connectivity index (χ2v) is 6.71. The molecule has 2 aliphatic rings. The van der Waals surface area contributed by atoms with Crippen LogP contribution in [0.15, 0.2) is 18.2 Å². The molecule has 1 aliphatic heterocycles. The number of nitrogens with zero attached hydrogens (tertiary/aromatic N) is 1. The Labute approximate surface area is 125 Å². The van der Waals surface area contributed by atoms with E-state index in [1.54, 1.807) is 0 Å². The molecule has 19 heavy (non-hydrogen) atoms. The number of rotatable bonds is 3. The summed E-state index contributed by atoms with van der Waals surface area (Å²) < 4.78 is 0. The van der Waals surface area contributed by atoms with Crippen LogP contribution in [0.25, 0.3) is 0 Å². The first-order chi connectivity index (χ1) is 9.13. The number of halogens is 2. The Balaban J connectivity index is 1.69. The lowest BCUT2D eigenvalue weighted by molar-refractivity contribution is 0.125. The van der Waals surface area contributed by atoms with Gasteiger partial charge < -0.3 is 5.32 Å². The fourth-order valence-corrected chi connectivity index (χ4v) is 3.32. The summed E-state index contributed by atoms with van der Waals surface area (Å²) in [5.41, 5.74) is 1.18. The van der Waals surface area contributed by atoms with E-state index in [2.05, 4.69) is 17.1 Å². The van der Waals surface area contributed by atoms with E-state index in [1.165, 1.54) is 18.4 Å². The molecule has 2 fully saturated rings. The molecule has 0 amide bonds. The fraction of sp³-hybridized carbons (Fsp3) is 0.600. The summed E-state index contributed by atoms with van der Waals surface area (Å²) in [6, 6.07) is 7.03. The second kappa shape index (κ2) is 5.61. The van der Waals surface area contributed by atoms with E-state index in [4.69, 9.17) is 23.2 Å². The normalized spacial score (nSPS) is 28.6. The highest BCUT2D eigenvalue weighted by Crippen LogP contribution is 2.34. The van der Waals surface area contributed by atoms with Crippen LogP contribution < -0.4 is 5.32 Å². The lowest BCUT2D eigenvalue weighted by Gasteiger charge is -2.39. The maximum atomic E-state index is 6.28. The first kappa shape index (κ1) is 13.7. The van der Waals surface area contributed by atoms with E-state index >= 15 is 0 Å². The molecule has 1 N–H and O–H groups in total. The average molecular weight is 299 g/mol. The second-order valence-electron chi connectivity index (χ2n) is 5.87. The Morgan fingerprint density at radius 1 is 1.32 bits per heavy atom. The van der Waals surface area contributed by atoms with Crippen LogP contribution in [0.3, 0.4) is 0 Å². The molecule has 2 nitrogen and oxygen atoms in total. The Kier molecular flexibility index (Phi) is 4.04. The summed E-state index contributed by atoms with van der Waals surface area (Å²) >= 11 is 12.2. The van der Waals surface area contributed by atoms with Gasteiger partial charge in [-0.15, -0.1) is 0 Å². The van der Waals surface area contributed by atoms with Crippen LogP contribution in [0.4, 0.5) is 0 Å². The van der Waals surface area contributed by atoms with Gasteiger partial charge in [0, 0.05) is 41.8 Å². The first-order valence-corrected chi connectivity index (χ1v) is 7.80. The zero-order chi connectivity index (χ0) is 13.4. The van der Waals surface area contributed by atoms with Crippen LogP contribution in [-0.4, -0.2) is 30.1 Å². The van der Waals surface area contributed by atoms with Crippen molar-refractivity contribution >= 4 is 23.2 Å². The number of piperazine rings is 1. The molecule has 1 aliphatic carbocycles. The first-order valence-electron chi connectivity index (χ1n) is 7.05. The molecule has 1 heterocycles. The minimum absolute atomic E-state index is 0.557. The molecule has 104 valence electrons. The smallest absolute Gasteiger partial charge is 0.0465 e. The Hall–Kier alpha value is -0.280. The topological polar surface area (TPSA) is 15.3 Å². The number of nitrogens with one attached hydrogen (secondary N) is 1. The van der Waals surface area contributed by atoms with E-state index < -0.39 is 0 Å². The molecule has 0 bridgehead atoms. The van der Waals surface area contributed by atoms with Crippen LogP contribution in [0.2, 0.25) is 10.0 Å². The number of benzene rings is 1. The SMILES string of the molecule is CC1CNC(C2CC2)CN1Cc1ccc(Cl)cc1Cl. The number of hydrogen-bond acceptors (Lipinski definition) is 2. The molecule has 2 atom stereocenters. The van der Waals surface area contributed by atoms with E-state index in [0.29, 0.717) is 17.1 Å². The van der Waals surface area contributed by atoms with Crippen molar-refractivity contribution in [3.8, 4) is 0 Å². The van der Waals surface area contributed by atoms with Gasteiger partial charge in [-0.3, -0.25) is 4.90 Å². The summed E-state index contributed by atoms with van der Waals surface area (Å²) in [5, 5.41) is 5.16. The molecule has 2 unspecified atom stereocenters. The molecular formula is C15H20Cl2N2. The van der Waals surface area contributed by atoms with Gasteiger partial charge in [0.25, 0.3) is 0 Å². The van der Waals surface area contributed by atoms with Crippen LogP contribution in [0, 0.1) is 5.92 Å². The van der Waals surface area contributed by atoms with Crippen molar-refractivity contribution in [3.05, 3.63) is 33.8 Å². The Bertz CT molecular complexity index is 459. The van der Waals surface area contributed by atoms with Gasteiger partial charge in [-0.25, -0.2) is 0 Å². The monoisotopic (exact) mass is 298 g/mol. The maximum absolute atomic E-state index is 6.28. The molecule has 1 saturated carbocycles. The maximum Gasteiger partial charge on any atom is 0.0465 e. The molecule has 1 aromatic rings. The third-order valence-electron chi connectivity index (χ3n) is 4.31. The van der Waals surface area contributed by atoms with Gasteiger partial charge in [-0.05, 0) is 43.4 Å². The van der Waals surface area contributed by atoms with Gasteiger partial charge in [0.1, 0.15) is 0 Å². The predicted octanol–water partition coefficient (Wildman–Crippen LogP) is 3.57. The summed E-state index contributed by atoms with van der Waals surface area (Å²) in [5.74, 6) is 0.899. The number of hydrogen-bond donors (Lipinski definition) is 1. The van der Waals surface area contributed by atoms with Crippen LogP contribution in [-0.2, 0) is 6.54 Å². The van der Waals surface area contributed by atoms with Gasteiger partial charge in [0.2, 0.25) is 0 Å². The zero-order valence-electron chi connectivity index (χ0n) is 11.2. The Morgan fingerprint density at radius 3 is 2.79 bits per heavy atom. The minimum Gasteiger partial charge on any atom is -0.311 e. The van der Waals surface area contributed by atoms with Gasteiger partial charge in [0.15, 0.2) is 0 Å². The van der Waals surface area contributed by atoms with Crippen molar-refractivity contribution < 1.29 is 0 Å². The van der Waals surface area contributed by atoms with Crippen LogP contribution in [0.5, 0.6) is 0 Å². The molecular weight excluding hydrogens is 279 g/mol. The third kappa shape index (κ3) is 3.25. The van der Waals surface area contributed by atoms with E-state index in [-0.39, 0.29) is 0 Å². The molecule has 3 rings (SSSR count). The summed E-state index contributed by atoms with van der Waals surface area (Å²) in [6.07, 6.45) is 2.78. The fourth-order valence-electron chi connectivity index (χ4n) is 2.85. The Morgan fingerprint density at radius 2 is 2.11 bits per heavy atom. The molecule has 0 radical (unpaired) electrons. The lowest BCUT2D eigenvalue weighted by Crippen LogP contribution is -2.55. The highest BCUT2D eigenvalue weighted by Gasteiger charge is 2.35. The lowest BCUT2D eigenvalue weighted by atomic mass is 10.0. The van der Waals surface area contributed by atoms with Gasteiger partial charge in [0.05, 0.1) is 0 Å². The summed E-state index contributed by atoms with van der Waals surface area (Å²) in [6.45, 7) is 5.40. The highest BCUT2D eigenvalue weighted by atomic mass is 35.5. The molecule has 0 aromatic heterocycles. The largest absolute Gasteiger partial charge is 0.311 e. The van der Waals surface area contributed by atoms with Gasteiger partial charge in [-0.2, -0.15) is 0 Å². The quantitative estimate of drug-likeness (QED) is 0.918. The van der Waals surface area contributed by atoms with E-state index in [0.717, 1.165) is 30.6 Å². The average Bonchev–Trinajstić information content (AvgIpc) is 3.19. The molecule has 0 spiro atoms. The van der Waals surface area contributed by atoms with Crippen molar-refractivity contribution in [2.24, 2.45) is 5.92 Å². The van der Waals surface area contributed by atoms with Crippen molar-refractivity contribution in [2.75, 3.05) is 13.1 Å². The van der Waals surface area contributed by atoms with Gasteiger partial charge in [-0.1, -0.05) is 29.3 Å². The molecule has 4 heteroatoms. The zero-order valence-corrected chi connectivity index (χ0v) is 12.7. The molecule has 1 aromatic carbocycles. The van der Waals surface area contributed by atoms with E-state index in [9.17, 15) is 0 Å². The van der Waals surface area contributed by atoms with Crippen molar-refractivity contribution in [1.82, 2.24) is 10.2 Å². The van der Waals surface area contributed by atoms with Crippen molar-refractivity contribution in [1.29, 1.82) is 0 Å². The van der Waals surface area contributed by atoms with Crippen molar-refractivity contribution in [2.45, 2.75) is 38.4 Å². The standard InChI is InChI=1S/C15H20Cl2N2/c1-10-7-18-15(11-2-3-11)9-19(10)8-12-4-5-13(16)6-14(12)17/h4-6,10-11,15,18H,2-3,7-9H2,1H3. The molecule has 1 saturated heterocycles. The van der Waals surface area contributed by atoms with Gasteiger partial charge >= 0.3 is 0 Å². The highest BCUT2D eigenvalue weighted by molar-refractivity contribution is 6.35. The van der Waals surface area contributed by atoms with Crippen LogP contribution >= 0.6 is 23.2 Å². The minimum atomic E-state index is 0.557. The predicted molar refractivity (Wildman–Crippen MR) is 80.8 cm³/mol. The summed E-state index contributed by atoms with van der Waals surface area (Å²) in [4.78, 5) is 2.54. The van der Waals surface area contributed by atoms with Crippen LogP contribution in [0.1, 0.15) is 25.3 Å².